The Balaban J connectivity index is 1.89. The normalized spacial score (nSPS) is 21.1. The Labute approximate surface area is 136 Å². The number of aliphatic hydroxyl groups excluding tert-OH is 2. The standard InChI is InChI=1S/C15H15NO4S2/c17-8-10(11(18)9-4-2-1-3-5-9)16-14(19)12-13(15(16)20)22-7-6-21-12/h1-5,10-11,17-18H,6-8H2. The molecule has 22 heavy (non-hydrogen) atoms. The molecule has 2 amide bonds. The van der Waals surface area contributed by atoms with Crippen LogP contribution in [0.5, 0.6) is 0 Å². The predicted octanol–water partition coefficient (Wildman–Crippen LogP) is 1.14. The van der Waals surface area contributed by atoms with Gasteiger partial charge in [0.15, 0.2) is 0 Å². The molecule has 0 saturated heterocycles. The van der Waals surface area contributed by atoms with Crippen molar-refractivity contribution in [2.45, 2.75) is 12.1 Å². The van der Waals surface area contributed by atoms with Crippen molar-refractivity contribution >= 4 is 35.3 Å². The molecule has 2 N–H and O–H groups in total. The van der Waals surface area contributed by atoms with Gasteiger partial charge in [-0.15, -0.1) is 23.5 Å². The maximum absolute atomic E-state index is 12.5. The molecule has 2 aliphatic heterocycles. The van der Waals surface area contributed by atoms with E-state index >= 15 is 0 Å². The van der Waals surface area contributed by atoms with Gasteiger partial charge in [-0.05, 0) is 5.56 Å². The number of hydrogen-bond acceptors (Lipinski definition) is 6. The molecule has 2 heterocycles. The summed E-state index contributed by atoms with van der Waals surface area (Å²) in [5.41, 5.74) is 0.562. The Kier molecular flexibility index (Phi) is 4.58. The lowest BCUT2D eigenvalue weighted by molar-refractivity contribution is -0.144. The van der Waals surface area contributed by atoms with Gasteiger partial charge in [-0.2, -0.15) is 0 Å². The molecule has 2 unspecified atom stereocenters. The van der Waals surface area contributed by atoms with Crippen molar-refractivity contribution in [2.75, 3.05) is 18.1 Å². The Bertz CT molecular complexity index is 604. The number of hydrogen-bond donors (Lipinski definition) is 2. The Hall–Kier alpha value is -1.28. The highest BCUT2D eigenvalue weighted by atomic mass is 32.2. The zero-order chi connectivity index (χ0) is 15.7. The van der Waals surface area contributed by atoms with Crippen LogP contribution < -0.4 is 0 Å². The SMILES string of the molecule is O=C1C2=C(SCCS2)C(=O)N1C(CO)C(O)c1ccccc1. The first-order valence-electron chi connectivity index (χ1n) is 6.86. The van der Waals surface area contributed by atoms with E-state index in [9.17, 15) is 19.8 Å². The number of aliphatic hydroxyl groups is 2. The van der Waals surface area contributed by atoms with Crippen LogP contribution in [0.15, 0.2) is 40.1 Å². The van der Waals surface area contributed by atoms with Crippen molar-refractivity contribution in [3.63, 3.8) is 0 Å². The first-order chi connectivity index (χ1) is 10.6. The van der Waals surface area contributed by atoms with Gasteiger partial charge < -0.3 is 10.2 Å². The molecule has 7 heteroatoms. The number of rotatable bonds is 4. The minimum atomic E-state index is -1.12. The van der Waals surface area contributed by atoms with Gasteiger partial charge in [0.05, 0.1) is 22.5 Å². The third-order valence-electron chi connectivity index (χ3n) is 3.63. The summed E-state index contributed by atoms with van der Waals surface area (Å²) in [5, 5.41) is 20.1. The van der Waals surface area contributed by atoms with Crippen molar-refractivity contribution in [3.8, 4) is 0 Å². The average Bonchev–Trinajstić information content (AvgIpc) is 2.82. The smallest absolute Gasteiger partial charge is 0.268 e. The molecule has 0 spiro atoms. The second kappa shape index (κ2) is 6.45. The molecule has 1 aromatic rings. The third kappa shape index (κ3) is 2.58. The molecule has 2 aliphatic rings. The van der Waals surface area contributed by atoms with Crippen LogP contribution in [-0.2, 0) is 9.59 Å². The van der Waals surface area contributed by atoms with E-state index in [0.29, 0.717) is 15.4 Å². The highest BCUT2D eigenvalue weighted by molar-refractivity contribution is 8.11. The van der Waals surface area contributed by atoms with Gasteiger partial charge >= 0.3 is 0 Å². The highest BCUT2D eigenvalue weighted by Crippen LogP contribution is 2.42. The summed E-state index contributed by atoms with van der Waals surface area (Å²) < 4.78 is 0. The lowest BCUT2D eigenvalue weighted by atomic mass is 10.0. The van der Waals surface area contributed by atoms with Gasteiger partial charge in [-0.25, -0.2) is 0 Å². The monoisotopic (exact) mass is 337 g/mol. The van der Waals surface area contributed by atoms with Crippen LogP contribution in [0.25, 0.3) is 0 Å². The van der Waals surface area contributed by atoms with E-state index in [-0.39, 0.29) is 0 Å². The van der Waals surface area contributed by atoms with Crippen molar-refractivity contribution in [2.24, 2.45) is 0 Å². The lowest BCUT2D eigenvalue weighted by Crippen LogP contribution is -2.46. The van der Waals surface area contributed by atoms with Crippen LogP contribution in [0.4, 0.5) is 0 Å². The Morgan fingerprint density at radius 1 is 1.05 bits per heavy atom. The quantitative estimate of drug-likeness (QED) is 0.803. The fourth-order valence-electron chi connectivity index (χ4n) is 2.54. The van der Waals surface area contributed by atoms with Crippen molar-refractivity contribution in [1.82, 2.24) is 4.90 Å². The summed E-state index contributed by atoms with van der Waals surface area (Å²) in [6.45, 7) is -0.483. The first-order valence-corrected chi connectivity index (χ1v) is 8.84. The largest absolute Gasteiger partial charge is 0.394 e. The summed E-state index contributed by atoms with van der Waals surface area (Å²) in [5.74, 6) is 0.737. The van der Waals surface area contributed by atoms with Gasteiger partial charge in [-0.3, -0.25) is 14.5 Å². The van der Waals surface area contributed by atoms with E-state index in [2.05, 4.69) is 0 Å². The average molecular weight is 337 g/mol. The molecule has 0 fully saturated rings. The molecule has 5 nitrogen and oxygen atoms in total. The van der Waals surface area contributed by atoms with Gasteiger partial charge in [0.2, 0.25) is 0 Å². The summed E-state index contributed by atoms with van der Waals surface area (Å²) in [6.07, 6.45) is -1.12. The fourth-order valence-corrected chi connectivity index (χ4v) is 4.85. The summed E-state index contributed by atoms with van der Waals surface area (Å²) in [6, 6.07) is 7.76. The lowest BCUT2D eigenvalue weighted by Gasteiger charge is -2.29. The van der Waals surface area contributed by atoms with E-state index in [1.54, 1.807) is 24.3 Å². The summed E-state index contributed by atoms with van der Waals surface area (Å²) in [7, 11) is 0. The van der Waals surface area contributed by atoms with Crippen LogP contribution in [0.3, 0.4) is 0 Å². The van der Waals surface area contributed by atoms with Crippen LogP contribution >= 0.6 is 23.5 Å². The second-order valence-corrected chi connectivity index (χ2v) is 7.15. The first kappa shape index (κ1) is 15.6. The molecular weight excluding hydrogens is 322 g/mol. The van der Waals surface area contributed by atoms with Crippen molar-refractivity contribution < 1.29 is 19.8 Å². The topological polar surface area (TPSA) is 77.8 Å². The minimum absolute atomic E-state index is 0.411. The van der Waals surface area contributed by atoms with Crippen molar-refractivity contribution in [1.29, 1.82) is 0 Å². The minimum Gasteiger partial charge on any atom is -0.394 e. The number of benzene rings is 1. The van der Waals surface area contributed by atoms with Crippen LogP contribution in [-0.4, -0.2) is 51.1 Å². The molecule has 116 valence electrons. The molecule has 0 aliphatic carbocycles. The molecule has 0 aromatic heterocycles. The number of carbonyl (C=O) groups is 2. The molecule has 2 atom stereocenters. The maximum Gasteiger partial charge on any atom is 0.268 e. The zero-order valence-corrected chi connectivity index (χ0v) is 13.3. The van der Waals surface area contributed by atoms with E-state index in [4.69, 9.17) is 0 Å². The predicted molar refractivity (Wildman–Crippen MR) is 86.1 cm³/mol. The molecule has 3 rings (SSSR count). The molecule has 0 radical (unpaired) electrons. The van der Waals surface area contributed by atoms with E-state index in [1.807, 2.05) is 6.07 Å². The zero-order valence-electron chi connectivity index (χ0n) is 11.6. The Morgan fingerprint density at radius 3 is 2.09 bits per heavy atom. The maximum atomic E-state index is 12.5. The second-order valence-electron chi connectivity index (χ2n) is 4.94. The Morgan fingerprint density at radius 2 is 1.59 bits per heavy atom. The van der Waals surface area contributed by atoms with Crippen LogP contribution in [0.2, 0.25) is 0 Å². The van der Waals surface area contributed by atoms with Crippen LogP contribution in [0, 0.1) is 0 Å². The number of amides is 2. The summed E-state index contributed by atoms with van der Waals surface area (Å²) >= 11 is 2.74. The van der Waals surface area contributed by atoms with Crippen LogP contribution in [0.1, 0.15) is 11.7 Å². The van der Waals surface area contributed by atoms with E-state index in [0.717, 1.165) is 16.4 Å². The van der Waals surface area contributed by atoms with E-state index < -0.39 is 30.6 Å². The van der Waals surface area contributed by atoms with Gasteiger partial charge in [0.1, 0.15) is 6.10 Å². The number of thioether (sulfide) groups is 2. The van der Waals surface area contributed by atoms with Crippen molar-refractivity contribution in [3.05, 3.63) is 45.7 Å². The molecule has 0 bridgehead atoms. The molecular formula is C15H15NO4S2. The highest BCUT2D eigenvalue weighted by Gasteiger charge is 2.45. The fraction of sp³-hybridized carbons (Fsp3) is 0.333. The third-order valence-corrected chi connectivity index (χ3v) is 6.17. The number of imide groups is 1. The molecule has 0 saturated carbocycles. The van der Waals surface area contributed by atoms with Gasteiger partial charge in [0, 0.05) is 11.5 Å². The van der Waals surface area contributed by atoms with E-state index in [1.165, 1.54) is 23.5 Å². The molecule has 1 aromatic carbocycles. The van der Waals surface area contributed by atoms with Gasteiger partial charge in [0.25, 0.3) is 11.8 Å². The number of nitrogens with zero attached hydrogens (tertiary/aromatic N) is 1. The number of carbonyl (C=O) groups excluding carboxylic acids is 2. The van der Waals surface area contributed by atoms with Gasteiger partial charge in [-0.1, -0.05) is 30.3 Å². The summed E-state index contributed by atoms with van der Waals surface area (Å²) in [4.78, 5) is 26.9.